The molecule has 0 saturated carbocycles. The van der Waals surface area contributed by atoms with Crippen molar-refractivity contribution in [3.05, 3.63) is 23.3 Å². The number of nitrogens with zero attached hydrogens (tertiary/aromatic N) is 1. The van der Waals surface area contributed by atoms with Gasteiger partial charge >= 0.3 is 0 Å². The van der Waals surface area contributed by atoms with Crippen LogP contribution >= 0.6 is 0 Å². The van der Waals surface area contributed by atoms with Crippen molar-refractivity contribution < 1.29 is 8.42 Å². The summed E-state index contributed by atoms with van der Waals surface area (Å²) < 4.78 is 27.1. The first-order valence-corrected chi connectivity index (χ1v) is 8.13. The molecule has 1 fully saturated rings. The summed E-state index contributed by atoms with van der Waals surface area (Å²) in [5.74, 6) is 0.422. The lowest BCUT2D eigenvalue weighted by molar-refractivity contribution is 0.281. The molecule has 19 heavy (non-hydrogen) atoms. The summed E-state index contributed by atoms with van der Waals surface area (Å²) in [6.45, 7) is 7.05. The van der Waals surface area contributed by atoms with Crippen LogP contribution in [0.5, 0.6) is 0 Å². The molecule has 1 aromatic carbocycles. The molecule has 0 amide bonds. The van der Waals surface area contributed by atoms with Crippen molar-refractivity contribution in [3.63, 3.8) is 0 Å². The van der Waals surface area contributed by atoms with Gasteiger partial charge in [-0.1, -0.05) is 6.92 Å². The predicted molar refractivity (Wildman–Crippen MR) is 77.5 cm³/mol. The van der Waals surface area contributed by atoms with Crippen LogP contribution in [0.15, 0.2) is 17.0 Å². The van der Waals surface area contributed by atoms with Crippen LogP contribution in [0.2, 0.25) is 0 Å². The second-order valence-corrected chi connectivity index (χ2v) is 7.48. The molecule has 2 N–H and O–H groups in total. The molecule has 1 saturated heterocycles. The first-order chi connectivity index (χ1) is 8.82. The van der Waals surface area contributed by atoms with Crippen LogP contribution in [0.25, 0.3) is 0 Å². The lowest BCUT2D eigenvalue weighted by Crippen LogP contribution is -2.39. The smallest absolute Gasteiger partial charge is 0.243 e. The average Bonchev–Trinajstić information content (AvgIpc) is 2.33. The van der Waals surface area contributed by atoms with E-state index in [0.717, 1.165) is 24.0 Å². The third-order valence-corrected chi connectivity index (χ3v) is 5.87. The van der Waals surface area contributed by atoms with Crippen LogP contribution in [-0.2, 0) is 10.0 Å². The molecule has 2 rings (SSSR count). The number of hydrogen-bond acceptors (Lipinski definition) is 3. The molecule has 5 heteroatoms. The molecule has 1 unspecified atom stereocenters. The van der Waals surface area contributed by atoms with E-state index in [-0.39, 0.29) is 0 Å². The number of rotatable bonds is 2. The maximum absolute atomic E-state index is 12.7. The number of anilines is 1. The Labute approximate surface area is 115 Å². The Bertz CT molecular complexity index is 581. The van der Waals surface area contributed by atoms with E-state index in [0.29, 0.717) is 29.6 Å². The van der Waals surface area contributed by atoms with Crippen molar-refractivity contribution in [1.29, 1.82) is 0 Å². The molecule has 0 radical (unpaired) electrons. The highest BCUT2D eigenvalue weighted by Gasteiger charge is 2.30. The van der Waals surface area contributed by atoms with Crippen LogP contribution in [0, 0.1) is 19.8 Å². The first-order valence-electron chi connectivity index (χ1n) is 6.69. The molecule has 0 spiro atoms. The summed E-state index contributed by atoms with van der Waals surface area (Å²) in [7, 11) is -3.42. The van der Waals surface area contributed by atoms with Crippen molar-refractivity contribution in [1.82, 2.24) is 4.31 Å². The maximum atomic E-state index is 12.7. The lowest BCUT2D eigenvalue weighted by atomic mass is 10.0. The van der Waals surface area contributed by atoms with Gasteiger partial charge in [-0.25, -0.2) is 8.42 Å². The van der Waals surface area contributed by atoms with E-state index in [2.05, 4.69) is 6.92 Å². The molecule has 1 atom stereocenters. The van der Waals surface area contributed by atoms with Gasteiger partial charge in [0.15, 0.2) is 0 Å². The topological polar surface area (TPSA) is 63.4 Å². The van der Waals surface area contributed by atoms with Crippen molar-refractivity contribution in [2.75, 3.05) is 18.8 Å². The van der Waals surface area contributed by atoms with E-state index in [4.69, 9.17) is 5.73 Å². The summed E-state index contributed by atoms with van der Waals surface area (Å²) in [5.41, 5.74) is 8.02. The Morgan fingerprint density at radius 1 is 1.32 bits per heavy atom. The Kier molecular flexibility index (Phi) is 3.87. The Morgan fingerprint density at radius 2 is 2.00 bits per heavy atom. The van der Waals surface area contributed by atoms with Gasteiger partial charge in [-0.05, 0) is 55.9 Å². The Balaban J connectivity index is 2.45. The van der Waals surface area contributed by atoms with Crippen LogP contribution in [0.4, 0.5) is 5.69 Å². The van der Waals surface area contributed by atoms with Gasteiger partial charge in [-0.15, -0.1) is 0 Å². The quantitative estimate of drug-likeness (QED) is 0.847. The van der Waals surface area contributed by atoms with E-state index in [9.17, 15) is 8.42 Å². The summed E-state index contributed by atoms with van der Waals surface area (Å²) in [4.78, 5) is 0.360. The van der Waals surface area contributed by atoms with Crippen molar-refractivity contribution in [2.45, 2.75) is 38.5 Å². The van der Waals surface area contributed by atoms with Gasteiger partial charge in [0.05, 0.1) is 4.90 Å². The highest BCUT2D eigenvalue weighted by atomic mass is 32.2. The molecule has 0 aromatic heterocycles. The molecule has 1 heterocycles. The van der Waals surface area contributed by atoms with Crippen molar-refractivity contribution in [3.8, 4) is 0 Å². The zero-order valence-electron chi connectivity index (χ0n) is 11.8. The third-order valence-electron chi connectivity index (χ3n) is 3.88. The van der Waals surface area contributed by atoms with Crippen LogP contribution in [0.1, 0.15) is 30.9 Å². The number of piperidine rings is 1. The minimum absolute atomic E-state index is 0.360. The van der Waals surface area contributed by atoms with Gasteiger partial charge in [-0.3, -0.25) is 0 Å². The van der Waals surface area contributed by atoms with Gasteiger partial charge in [0.25, 0.3) is 0 Å². The van der Waals surface area contributed by atoms with Crippen LogP contribution in [0.3, 0.4) is 0 Å². The largest absolute Gasteiger partial charge is 0.399 e. The van der Waals surface area contributed by atoms with Crippen LogP contribution < -0.4 is 5.73 Å². The van der Waals surface area contributed by atoms with Crippen molar-refractivity contribution in [2.24, 2.45) is 5.92 Å². The molecule has 4 nitrogen and oxygen atoms in total. The molecule has 0 bridgehead atoms. The number of hydrogen-bond donors (Lipinski definition) is 1. The molecule has 0 aliphatic carbocycles. The summed E-state index contributed by atoms with van der Waals surface area (Å²) >= 11 is 0. The predicted octanol–water partition coefficient (Wildman–Crippen LogP) is 2.31. The summed E-state index contributed by atoms with van der Waals surface area (Å²) in [5, 5.41) is 0. The average molecular weight is 282 g/mol. The van der Waals surface area contributed by atoms with E-state index in [1.54, 1.807) is 10.4 Å². The van der Waals surface area contributed by atoms with Gasteiger partial charge in [0.1, 0.15) is 0 Å². The van der Waals surface area contributed by atoms with Gasteiger partial charge in [-0.2, -0.15) is 4.31 Å². The lowest BCUT2D eigenvalue weighted by Gasteiger charge is -2.30. The molecule has 106 valence electrons. The SMILES string of the molecule is Cc1cc(N)cc(S(=O)(=O)N2CCCC(C)C2)c1C. The van der Waals surface area contributed by atoms with E-state index >= 15 is 0 Å². The normalized spacial score (nSPS) is 21.5. The number of nitrogens with two attached hydrogens (primary N) is 1. The second-order valence-electron chi connectivity index (χ2n) is 5.57. The minimum atomic E-state index is -3.42. The number of nitrogen functional groups attached to an aromatic ring is 1. The van der Waals surface area contributed by atoms with Crippen molar-refractivity contribution >= 4 is 15.7 Å². The minimum Gasteiger partial charge on any atom is -0.399 e. The molecular weight excluding hydrogens is 260 g/mol. The van der Waals surface area contributed by atoms with Gasteiger partial charge < -0.3 is 5.73 Å². The molecule has 1 aliphatic heterocycles. The van der Waals surface area contributed by atoms with E-state index < -0.39 is 10.0 Å². The third kappa shape index (κ3) is 2.77. The zero-order valence-corrected chi connectivity index (χ0v) is 12.6. The highest BCUT2D eigenvalue weighted by molar-refractivity contribution is 7.89. The second kappa shape index (κ2) is 5.13. The first kappa shape index (κ1) is 14.3. The number of sulfonamides is 1. The van der Waals surface area contributed by atoms with Gasteiger partial charge in [0, 0.05) is 18.8 Å². The summed E-state index contributed by atoms with van der Waals surface area (Å²) in [6.07, 6.45) is 2.03. The highest BCUT2D eigenvalue weighted by Crippen LogP contribution is 2.28. The Morgan fingerprint density at radius 3 is 2.63 bits per heavy atom. The fourth-order valence-electron chi connectivity index (χ4n) is 2.63. The number of aryl methyl sites for hydroxylation is 1. The molecular formula is C14H22N2O2S. The monoisotopic (exact) mass is 282 g/mol. The maximum Gasteiger partial charge on any atom is 0.243 e. The Hall–Kier alpha value is -1.07. The van der Waals surface area contributed by atoms with E-state index in [1.165, 1.54) is 0 Å². The summed E-state index contributed by atoms with van der Waals surface area (Å²) in [6, 6.07) is 3.39. The standard InChI is InChI=1S/C14H22N2O2S/c1-10-5-4-6-16(9-10)19(17,18)14-8-13(15)7-11(2)12(14)3/h7-8,10H,4-6,9,15H2,1-3H3. The van der Waals surface area contributed by atoms with Crippen LogP contribution in [-0.4, -0.2) is 25.8 Å². The van der Waals surface area contributed by atoms with E-state index in [1.807, 2.05) is 19.9 Å². The molecule has 1 aromatic rings. The fourth-order valence-corrected chi connectivity index (χ4v) is 4.56. The zero-order chi connectivity index (χ0) is 14.2. The molecule has 1 aliphatic rings. The number of benzene rings is 1. The fraction of sp³-hybridized carbons (Fsp3) is 0.571. The van der Waals surface area contributed by atoms with Gasteiger partial charge in [0.2, 0.25) is 10.0 Å².